The van der Waals surface area contributed by atoms with Gasteiger partial charge in [-0.3, -0.25) is 0 Å². The molecular formula is C13H16N4O. The molecule has 5 nitrogen and oxygen atoms in total. The van der Waals surface area contributed by atoms with Gasteiger partial charge in [0.15, 0.2) is 0 Å². The van der Waals surface area contributed by atoms with Gasteiger partial charge in [0.1, 0.15) is 11.6 Å². The lowest BCUT2D eigenvalue weighted by Crippen LogP contribution is -2.13. The van der Waals surface area contributed by atoms with Gasteiger partial charge in [0.05, 0.1) is 11.8 Å². The number of hydrogen-bond acceptors (Lipinski definition) is 5. The molecule has 18 heavy (non-hydrogen) atoms. The summed E-state index contributed by atoms with van der Waals surface area (Å²) in [7, 11) is 0. The molecule has 0 spiro atoms. The van der Waals surface area contributed by atoms with Crippen LogP contribution in [0.15, 0.2) is 42.5 Å². The Hall–Kier alpha value is -2.27. The lowest BCUT2D eigenvalue weighted by Gasteiger charge is -2.13. The Morgan fingerprint density at radius 1 is 1.11 bits per heavy atom. The number of hydrogen-bond donors (Lipinski definition) is 4. The highest BCUT2D eigenvalue weighted by molar-refractivity contribution is 5.61. The number of nitrogens with one attached hydrogen (secondary N) is 1. The number of aliphatic hydroxyl groups excluding tert-OH is 1. The molecule has 6 N–H and O–H groups in total. The van der Waals surface area contributed by atoms with E-state index in [4.69, 9.17) is 11.5 Å². The van der Waals surface area contributed by atoms with Gasteiger partial charge in [-0.2, -0.15) is 0 Å². The number of pyridine rings is 1. The third-order valence-corrected chi connectivity index (χ3v) is 2.62. The molecule has 2 rings (SSSR count). The number of rotatable bonds is 4. The van der Waals surface area contributed by atoms with Crippen LogP contribution in [0.25, 0.3) is 0 Å². The highest BCUT2D eigenvalue weighted by atomic mass is 16.3. The van der Waals surface area contributed by atoms with Gasteiger partial charge in [0, 0.05) is 6.54 Å². The van der Waals surface area contributed by atoms with Gasteiger partial charge in [-0.1, -0.05) is 30.3 Å². The summed E-state index contributed by atoms with van der Waals surface area (Å²) < 4.78 is 0. The molecule has 1 aromatic carbocycles. The Kier molecular flexibility index (Phi) is 3.64. The molecule has 0 aliphatic rings. The van der Waals surface area contributed by atoms with Gasteiger partial charge >= 0.3 is 0 Å². The van der Waals surface area contributed by atoms with E-state index in [1.807, 2.05) is 30.3 Å². The molecule has 1 heterocycles. The lowest BCUT2D eigenvalue weighted by molar-refractivity contribution is 0.191. The lowest BCUT2D eigenvalue weighted by atomic mass is 10.1. The molecule has 0 amide bonds. The Bertz CT molecular complexity index is 516. The monoisotopic (exact) mass is 244 g/mol. The molecule has 0 fully saturated rings. The van der Waals surface area contributed by atoms with Crippen LogP contribution in [0.5, 0.6) is 0 Å². The molecule has 94 valence electrons. The predicted molar refractivity (Wildman–Crippen MR) is 73.0 cm³/mol. The summed E-state index contributed by atoms with van der Waals surface area (Å²) >= 11 is 0. The maximum absolute atomic E-state index is 9.96. The van der Waals surface area contributed by atoms with Crippen LogP contribution < -0.4 is 16.8 Å². The SMILES string of the molecule is Nc1ccc(NCC(O)c2ccccc2)nc1N. The zero-order valence-corrected chi connectivity index (χ0v) is 9.88. The Balaban J connectivity index is 1.97. The number of nitrogen functional groups attached to an aromatic ring is 2. The molecule has 1 unspecified atom stereocenters. The molecule has 0 aliphatic heterocycles. The molecule has 0 aliphatic carbocycles. The van der Waals surface area contributed by atoms with Crippen LogP contribution in [0.4, 0.5) is 17.3 Å². The first-order valence-corrected chi connectivity index (χ1v) is 5.65. The molecule has 2 aromatic rings. The molecule has 0 saturated carbocycles. The van der Waals surface area contributed by atoms with Crippen LogP contribution in [0.3, 0.4) is 0 Å². The van der Waals surface area contributed by atoms with Crippen LogP contribution in [0, 0.1) is 0 Å². The van der Waals surface area contributed by atoms with Crippen molar-refractivity contribution in [3.05, 3.63) is 48.0 Å². The number of aliphatic hydroxyl groups is 1. The van der Waals surface area contributed by atoms with E-state index >= 15 is 0 Å². The average molecular weight is 244 g/mol. The maximum atomic E-state index is 9.96. The van der Waals surface area contributed by atoms with Crippen molar-refractivity contribution in [2.24, 2.45) is 0 Å². The molecule has 0 bridgehead atoms. The van der Waals surface area contributed by atoms with Crippen molar-refractivity contribution in [3.8, 4) is 0 Å². The van der Waals surface area contributed by atoms with E-state index in [1.54, 1.807) is 12.1 Å². The fourth-order valence-electron chi connectivity index (χ4n) is 1.58. The summed E-state index contributed by atoms with van der Waals surface area (Å²) in [6, 6.07) is 12.8. The van der Waals surface area contributed by atoms with Crippen molar-refractivity contribution >= 4 is 17.3 Å². The van der Waals surface area contributed by atoms with Gasteiger partial charge in [-0.25, -0.2) is 4.98 Å². The highest BCUT2D eigenvalue weighted by Crippen LogP contribution is 2.16. The van der Waals surface area contributed by atoms with Crippen molar-refractivity contribution in [1.82, 2.24) is 4.98 Å². The average Bonchev–Trinajstić information content (AvgIpc) is 2.41. The van der Waals surface area contributed by atoms with E-state index in [2.05, 4.69) is 10.3 Å². The third kappa shape index (κ3) is 2.89. The minimum atomic E-state index is -0.591. The van der Waals surface area contributed by atoms with E-state index < -0.39 is 6.10 Å². The topological polar surface area (TPSA) is 97.2 Å². The zero-order valence-electron chi connectivity index (χ0n) is 9.88. The number of benzene rings is 1. The number of aromatic nitrogens is 1. The van der Waals surface area contributed by atoms with E-state index in [0.29, 0.717) is 18.1 Å². The number of anilines is 3. The smallest absolute Gasteiger partial charge is 0.149 e. The minimum Gasteiger partial charge on any atom is -0.396 e. The van der Waals surface area contributed by atoms with Crippen molar-refractivity contribution in [2.45, 2.75) is 6.10 Å². The predicted octanol–water partition coefficient (Wildman–Crippen LogP) is 1.39. The van der Waals surface area contributed by atoms with Crippen molar-refractivity contribution in [3.63, 3.8) is 0 Å². The first kappa shape index (κ1) is 12.2. The first-order valence-electron chi connectivity index (χ1n) is 5.65. The fourth-order valence-corrected chi connectivity index (χ4v) is 1.58. The van der Waals surface area contributed by atoms with Crippen molar-refractivity contribution in [2.75, 3.05) is 23.3 Å². The van der Waals surface area contributed by atoms with Crippen molar-refractivity contribution < 1.29 is 5.11 Å². The molecule has 1 atom stereocenters. The highest BCUT2D eigenvalue weighted by Gasteiger charge is 2.07. The largest absolute Gasteiger partial charge is 0.396 e. The van der Waals surface area contributed by atoms with Crippen LogP contribution in [0.2, 0.25) is 0 Å². The van der Waals surface area contributed by atoms with Gasteiger partial charge in [0.25, 0.3) is 0 Å². The molecule has 0 radical (unpaired) electrons. The summed E-state index contributed by atoms with van der Waals surface area (Å²) in [6.45, 7) is 0.361. The van der Waals surface area contributed by atoms with Crippen LogP contribution in [0.1, 0.15) is 11.7 Å². The number of nitrogens with zero attached hydrogens (tertiary/aromatic N) is 1. The first-order chi connectivity index (χ1) is 8.66. The summed E-state index contributed by atoms with van der Waals surface area (Å²) in [5, 5.41) is 13.0. The van der Waals surface area contributed by atoms with Gasteiger partial charge in [-0.15, -0.1) is 0 Å². The van der Waals surface area contributed by atoms with Crippen LogP contribution in [-0.4, -0.2) is 16.6 Å². The fraction of sp³-hybridized carbons (Fsp3) is 0.154. The second kappa shape index (κ2) is 5.37. The molecule has 5 heteroatoms. The summed E-state index contributed by atoms with van der Waals surface area (Å²) in [4.78, 5) is 4.07. The molecular weight excluding hydrogens is 228 g/mol. The van der Waals surface area contributed by atoms with E-state index in [-0.39, 0.29) is 5.82 Å². The van der Waals surface area contributed by atoms with E-state index in [1.165, 1.54) is 0 Å². The second-order valence-corrected chi connectivity index (χ2v) is 3.98. The minimum absolute atomic E-state index is 0.286. The second-order valence-electron chi connectivity index (χ2n) is 3.98. The summed E-state index contributed by atoms with van der Waals surface area (Å²) in [6.07, 6.45) is -0.591. The zero-order chi connectivity index (χ0) is 13.0. The van der Waals surface area contributed by atoms with Gasteiger partial charge < -0.3 is 21.9 Å². The summed E-state index contributed by atoms with van der Waals surface area (Å²) in [5.41, 5.74) is 12.5. The Labute approximate surface area is 105 Å². The third-order valence-electron chi connectivity index (χ3n) is 2.62. The van der Waals surface area contributed by atoms with E-state index in [9.17, 15) is 5.11 Å². The quantitative estimate of drug-likeness (QED) is 0.651. The molecule has 0 saturated heterocycles. The summed E-state index contributed by atoms with van der Waals surface area (Å²) in [5.74, 6) is 0.880. The normalized spacial score (nSPS) is 12.1. The number of nitrogens with two attached hydrogens (primary N) is 2. The maximum Gasteiger partial charge on any atom is 0.149 e. The van der Waals surface area contributed by atoms with Gasteiger partial charge in [0.2, 0.25) is 0 Å². The van der Waals surface area contributed by atoms with Crippen LogP contribution in [-0.2, 0) is 0 Å². The van der Waals surface area contributed by atoms with Gasteiger partial charge in [-0.05, 0) is 17.7 Å². The Morgan fingerprint density at radius 3 is 2.50 bits per heavy atom. The Morgan fingerprint density at radius 2 is 1.83 bits per heavy atom. The van der Waals surface area contributed by atoms with Crippen LogP contribution >= 0.6 is 0 Å². The molecule has 1 aromatic heterocycles. The van der Waals surface area contributed by atoms with E-state index in [0.717, 1.165) is 5.56 Å². The standard InChI is InChI=1S/C13H16N4O/c14-10-6-7-12(17-13(10)15)16-8-11(18)9-4-2-1-3-5-9/h1-7,11,18H,8,14H2,(H3,15,16,17). The van der Waals surface area contributed by atoms with Crippen molar-refractivity contribution in [1.29, 1.82) is 0 Å².